The van der Waals surface area contributed by atoms with Crippen LogP contribution in [0.5, 0.6) is 0 Å². The molecule has 136 valence electrons. The Morgan fingerprint density at radius 1 is 0.692 bits per heavy atom. The SMILES string of the molecule is O=C(NCCO)c1ccc(/C=C/c2ccc(C(=O)NCCO)cc2)cc1. The fourth-order valence-electron chi connectivity index (χ4n) is 2.23. The molecule has 0 aromatic heterocycles. The van der Waals surface area contributed by atoms with Gasteiger partial charge in [0.2, 0.25) is 0 Å². The predicted octanol–water partition coefficient (Wildman–Crippen LogP) is 1.30. The number of carbonyl (C=O) groups excluding carboxylic acids is 2. The first-order valence-corrected chi connectivity index (χ1v) is 8.30. The number of aliphatic hydroxyl groups excluding tert-OH is 2. The molecule has 2 rings (SSSR count). The van der Waals surface area contributed by atoms with Crippen molar-refractivity contribution in [3.05, 3.63) is 70.8 Å². The standard InChI is InChI=1S/C20H22N2O4/c23-13-11-21-19(25)17-7-3-15(4-8-17)1-2-16-5-9-18(10-6-16)20(26)22-12-14-24/h1-10,23-24H,11-14H2,(H,21,25)(H,22,26)/b2-1+. The number of nitrogens with one attached hydrogen (secondary N) is 2. The van der Waals surface area contributed by atoms with E-state index in [1.54, 1.807) is 24.3 Å². The van der Waals surface area contributed by atoms with Gasteiger partial charge in [0.1, 0.15) is 0 Å². The average molecular weight is 354 g/mol. The second-order valence-corrected chi connectivity index (χ2v) is 5.54. The molecule has 2 aromatic rings. The zero-order chi connectivity index (χ0) is 18.8. The molecule has 0 aliphatic rings. The van der Waals surface area contributed by atoms with Crippen LogP contribution in [0.15, 0.2) is 48.5 Å². The van der Waals surface area contributed by atoms with Crippen LogP contribution in [0, 0.1) is 0 Å². The number of amides is 2. The molecule has 0 aliphatic carbocycles. The van der Waals surface area contributed by atoms with E-state index in [1.807, 2.05) is 36.4 Å². The molecular formula is C20H22N2O4. The first-order valence-electron chi connectivity index (χ1n) is 8.30. The lowest BCUT2D eigenvalue weighted by Crippen LogP contribution is -2.26. The van der Waals surface area contributed by atoms with Crippen LogP contribution in [0.25, 0.3) is 12.2 Å². The normalized spacial score (nSPS) is 10.7. The fourth-order valence-corrected chi connectivity index (χ4v) is 2.23. The monoisotopic (exact) mass is 354 g/mol. The van der Waals surface area contributed by atoms with Crippen molar-refractivity contribution in [2.24, 2.45) is 0 Å². The van der Waals surface area contributed by atoms with Gasteiger partial charge < -0.3 is 20.8 Å². The molecular weight excluding hydrogens is 332 g/mol. The maximum absolute atomic E-state index is 11.8. The summed E-state index contributed by atoms with van der Waals surface area (Å²) in [5.74, 6) is -0.436. The third-order valence-electron chi connectivity index (χ3n) is 3.61. The molecule has 0 heterocycles. The van der Waals surface area contributed by atoms with E-state index in [4.69, 9.17) is 10.2 Å². The Hall–Kier alpha value is -2.96. The molecule has 0 aliphatic heterocycles. The Bertz CT molecular complexity index is 687. The summed E-state index contributed by atoms with van der Waals surface area (Å²) in [4.78, 5) is 23.5. The molecule has 0 fully saturated rings. The minimum absolute atomic E-state index is 0.0888. The van der Waals surface area contributed by atoms with Crippen molar-refractivity contribution in [2.45, 2.75) is 0 Å². The number of hydrogen-bond acceptors (Lipinski definition) is 4. The summed E-state index contributed by atoms with van der Waals surface area (Å²) >= 11 is 0. The zero-order valence-corrected chi connectivity index (χ0v) is 14.3. The molecule has 0 saturated carbocycles. The van der Waals surface area contributed by atoms with Crippen molar-refractivity contribution < 1.29 is 19.8 Å². The van der Waals surface area contributed by atoms with Crippen LogP contribution < -0.4 is 10.6 Å². The molecule has 2 aromatic carbocycles. The van der Waals surface area contributed by atoms with E-state index in [1.165, 1.54) is 0 Å². The lowest BCUT2D eigenvalue weighted by atomic mass is 10.1. The van der Waals surface area contributed by atoms with Crippen LogP contribution in [0.1, 0.15) is 31.8 Å². The minimum Gasteiger partial charge on any atom is -0.395 e. The summed E-state index contributed by atoms with van der Waals surface area (Å²) in [7, 11) is 0. The highest BCUT2D eigenvalue weighted by atomic mass is 16.3. The van der Waals surface area contributed by atoms with Crippen LogP contribution in [0.3, 0.4) is 0 Å². The van der Waals surface area contributed by atoms with Crippen molar-refractivity contribution in [1.82, 2.24) is 10.6 Å². The Morgan fingerprint density at radius 2 is 1.04 bits per heavy atom. The van der Waals surface area contributed by atoms with E-state index in [0.717, 1.165) is 11.1 Å². The van der Waals surface area contributed by atoms with E-state index >= 15 is 0 Å². The molecule has 0 radical (unpaired) electrons. The van der Waals surface area contributed by atoms with Gasteiger partial charge in [-0.25, -0.2) is 0 Å². The quantitative estimate of drug-likeness (QED) is 0.537. The van der Waals surface area contributed by atoms with Crippen molar-refractivity contribution in [2.75, 3.05) is 26.3 Å². The van der Waals surface area contributed by atoms with Gasteiger partial charge in [-0.05, 0) is 35.4 Å². The average Bonchev–Trinajstić information content (AvgIpc) is 2.69. The Kier molecular flexibility index (Phi) is 7.54. The van der Waals surface area contributed by atoms with Crippen LogP contribution in [0.2, 0.25) is 0 Å². The summed E-state index contributed by atoms with van der Waals surface area (Å²) in [5, 5.41) is 22.6. The molecule has 6 nitrogen and oxygen atoms in total. The number of rotatable bonds is 8. The lowest BCUT2D eigenvalue weighted by Gasteiger charge is -2.04. The molecule has 0 atom stereocenters. The molecule has 0 bridgehead atoms. The molecule has 6 heteroatoms. The molecule has 2 amide bonds. The van der Waals surface area contributed by atoms with E-state index in [-0.39, 0.29) is 38.1 Å². The zero-order valence-electron chi connectivity index (χ0n) is 14.3. The third-order valence-corrected chi connectivity index (χ3v) is 3.61. The van der Waals surface area contributed by atoms with Gasteiger partial charge in [-0.1, -0.05) is 36.4 Å². The van der Waals surface area contributed by atoms with Gasteiger partial charge in [0.15, 0.2) is 0 Å². The minimum atomic E-state index is -0.218. The summed E-state index contributed by atoms with van der Waals surface area (Å²) < 4.78 is 0. The summed E-state index contributed by atoms with van der Waals surface area (Å²) in [6.07, 6.45) is 3.83. The Labute approximate surface area is 152 Å². The van der Waals surface area contributed by atoms with E-state index in [0.29, 0.717) is 11.1 Å². The molecule has 26 heavy (non-hydrogen) atoms. The summed E-state index contributed by atoms with van der Waals surface area (Å²) in [5.41, 5.74) is 2.95. The Balaban J connectivity index is 1.96. The van der Waals surface area contributed by atoms with Crippen LogP contribution in [0.4, 0.5) is 0 Å². The van der Waals surface area contributed by atoms with Gasteiger partial charge in [-0.2, -0.15) is 0 Å². The lowest BCUT2D eigenvalue weighted by molar-refractivity contribution is 0.0937. The van der Waals surface area contributed by atoms with Gasteiger partial charge in [0.25, 0.3) is 11.8 Å². The number of aliphatic hydroxyl groups is 2. The van der Waals surface area contributed by atoms with Crippen LogP contribution in [-0.2, 0) is 0 Å². The smallest absolute Gasteiger partial charge is 0.251 e. The molecule has 0 saturated heterocycles. The van der Waals surface area contributed by atoms with Crippen molar-refractivity contribution in [3.63, 3.8) is 0 Å². The molecule has 4 N–H and O–H groups in total. The molecule has 0 unspecified atom stereocenters. The number of benzene rings is 2. The van der Waals surface area contributed by atoms with Crippen molar-refractivity contribution in [1.29, 1.82) is 0 Å². The summed E-state index contributed by atoms with van der Waals surface area (Å²) in [6.45, 7) is 0.284. The number of carbonyl (C=O) groups is 2. The van der Waals surface area contributed by atoms with Gasteiger partial charge in [-0.3, -0.25) is 9.59 Å². The van der Waals surface area contributed by atoms with Crippen molar-refractivity contribution >= 4 is 24.0 Å². The second-order valence-electron chi connectivity index (χ2n) is 5.54. The van der Waals surface area contributed by atoms with Gasteiger partial charge in [0, 0.05) is 24.2 Å². The number of hydrogen-bond donors (Lipinski definition) is 4. The predicted molar refractivity (Wildman–Crippen MR) is 101 cm³/mol. The van der Waals surface area contributed by atoms with Gasteiger partial charge in [-0.15, -0.1) is 0 Å². The first-order chi connectivity index (χ1) is 12.6. The van der Waals surface area contributed by atoms with Crippen LogP contribution >= 0.6 is 0 Å². The largest absolute Gasteiger partial charge is 0.395 e. The van der Waals surface area contributed by atoms with Crippen LogP contribution in [-0.4, -0.2) is 48.3 Å². The van der Waals surface area contributed by atoms with E-state index < -0.39 is 0 Å². The maximum Gasteiger partial charge on any atom is 0.251 e. The third kappa shape index (κ3) is 5.84. The first kappa shape index (κ1) is 19.4. The Morgan fingerprint density at radius 3 is 1.35 bits per heavy atom. The second kappa shape index (κ2) is 10.1. The maximum atomic E-state index is 11.8. The topological polar surface area (TPSA) is 98.7 Å². The highest BCUT2D eigenvalue weighted by Crippen LogP contribution is 2.11. The summed E-state index contributed by atoms with van der Waals surface area (Å²) in [6, 6.07) is 14.2. The highest BCUT2D eigenvalue weighted by molar-refractivity contribution is 5.95. The van der Waals surface area contributed by atoms with E-state index in [2.05, 4.69) is 10.6 Å². The van der Waals surface area contributed by atoms with Gasteiger partial charge >= 0.3 is 0 Å². The highest BCUT2D eigenvalue weighted by Gasteiger charge is 2.04. The van der Waals surface area contributed by atoms with E-state index in [9.17, 15) is 9.59 Å². The fraction of sp³-hybridized carbons (Fsp3) is 0.200. The van der Waals surface area contributed by atoms with Crippen molar-refractivity contribution in [3.8, 4) is 0 Å². The molecule has 0 spiro atoms. The van der Waals surface area contributed by atoms with Gasteiger partial charge in [0.05, 0.1) is 13.2 Å².